The number of aromatic nitrogens is 1. The van der Waals surface area contributed by atoms with Gasteiger partial charge in [-0.25, -0.2) is 0 Å². The highest BCUT2D eigenvalue weighted by atomic mass is 16.5. The zero-order valence-electron chi connectivity index (χ0n) is 16.7. The van der Waals surface area contributed by atoms with E-state index in [2.05, 4.69) is 52.9 Å². The summed E-state index contributed by atoms with van der Waals surface area (Å²) in [4.78, 5) is 15.4. The summed E-state index contributed by atoms with van der Waals surface area (Å²) in [5.74, 6) is 0.169. The summed E-state index contributed by atoms with van der Waals surface area (Å²) < 4.78 is 7.55. The first kappa shape index (κ1) is 18.8. The first-order valence-electron chi connectivity index (χ1n) is 10.1. The Morgan fingerprint density at radius 3 is 2.68 bits per heavy atom. The number of hydrogen-bond donors (Lipinski definition) is 0. The third-order valence-corrected chi connectivity index (χ3v) is 5.84. The van der Waals surface area contributed by atoms with Crippen molar-refractivity contribution in [2.75, 3.05) is 20.3 Å². The molecule has 3 aromatic rings. The standard InChI is InChI=1S/C24H28N2O2/c1-3-21(18-8-5-4-6-9-18)24(27)26-13-12-20-16-25(14-15-28-2)22-11-7-10-19(17-26)23(20)22/h4-11,16,21H,3,12-15,17H2,1-2H3. The Hall–Kier alpha value is -2.59. The van der Waals surface area contributed by atoms with Crippen molar-refractivity contribution in [3.05, 3.63) is 71.4 Å². The van der Waals surface area contributed by atoms with E-state index in [1.54, 1.807) is 7.11 Å². The zero-order chi connectivity index (χ0) is 19.5. The highest BCUT2D eigenvalue weighted by molar-refractivity contribution is 5.89. The largest absolute Gasteiger partial charge is 0.383 e. The summed E-state index contributed by atoms with van der Waals surface area (Å²) in [6, 6.07) is 16.6. The van der Waals surface area contributed by atoms with Gasteiger partial charge >= 0.3 is 0 Å². The molecule has 0 saturated heterocycles. The monoisotopic (exact) mass is 376 g/mol. The van der Waals surface area contributed by atoms with Crippen LogP contribution < -0.4 is 0 Å². The van der Waals surface area contributed by atoms with E-state index in [1.807, 2.05) is 18.2 Å². The molecule has 1 atom stereocenters. The van der Waals surface area contributed by atoms with Crippen LogP contribution in [0.5, 0.6) is 0 Å². The van der Waals surface area contributed by atoms with E-state index in [4.69, 9.17) is 4.74 Å². The molecule has 1 aliphatic heterocycles. The van der Waals surface area contributed by atoms with Gasteiger partial charge in [0.25, 0.3) is 0 Å². The molecule has 0 aliphatic carbocycles. The van der Waals surface area contributed by atoms with E-state index >= 15 is 0 Å². The Morgan fingerprint density at radius 1 is 1.11 bits per heavy atom. The van der Waals surface area contributed by atoms with E-state index in [1.165, 1.54) is 22.0 Å². The average Bonchev–Trinajstić information content (AvgIpc) is 2.97. The Morgan fingerprint density at radius 2 is 1.93 bits per heavy atom. The van der Waals surface area contributed by atoms with Crippen molar-refractivity contribution >= 4 is 16.8 Å². The van der Waals surface area contributed by atoms with Gasteiger partial charge in [0.1, 0.15) is 0 Å². The highest BCUT2D eigenvalue weighted by Gasteiger charge is 2.27. The molecule has 1 amide bonds. The molecule has 28 heavy (non-hydrogen) atoms. The van der Waals surface area contributed by atoms with E-state index in [0.717, 1.165) is 31.5 Å². The second-order valence-electron chi connectivity index (χ2n) is 7.53. The lowest BCUT2D eigenvalue weighted by molar-refractivity contribution is -0.133. The number of rotatable bonds is 6. The normalized spacial score (nSPS) is 14.9. The van der Waals surface area contributed by atoms with Crippen molar-refractivity contribution in [2.24, 2.45) is 0 Å². The summed E-state index contributed by atoms with van der Waals surface area (Å²) in [5.41, 5.74) is 4.94. The fourth-order valence-electron chi connectivity index (χ4n) is 4.40. The molecule has 1 aliphatic rings. The third kappa shape index (κ3) is 3.45. The summed E-state index contributed by atoms with van der Waals surface area (Å²) in [6.07, 6.45) is 3.96. The van der Waals surface area contributed by atoms with E-state index in [0.29, 0.717) is 13.2 Å². The minimum Gasteiger partial charge on any atom is -0.383 e. The first-order chi connectivity index (χ1) is 13.7. The smallest absolute Gasteiger partial charge is 0.230 e. The van der Waals surface area contributed by atoms with Crippen LogP contribution in [0.15, 0.2) is 54.7 Å². The fraction of sp³-hybridized carbons (Fsp3) is 0.375. The molecule has 0 saturated carbocycles. The third-order valence-electron chi connectivity index (χ3n) is 5.84. The van der Waals surface area contributed by atoms with Crippen molar-refractivity contribution in [2.45, 2.75) is 38.8 Å². The SMILES string of the molecule is CCC(C(=O)N1CCc2cn(CCOC)c3cccc(c23)C1)c1ccccc1. The van der Waals surface area contributed by atoms with Gasteiger partial charge in [-0.3, -0.25) is 4.79 Å². The van der Waals surface area contributed by atoms with Gasteiger partial charge in [-0.1, -0.05) is 49.4 Å². The van der Waals surface area contributed by atoms with Gasteiger partial charge in [0.15, 0.2) is 0 Å². The van der Waals surface area contributed by atoms with Crippen LogP contribution >= 0.6 is 0 Å². The summed E-state index contributed by atoms with van der Waals surface area (Å²) in [5, 5.41) is 1.32. The van der Waals surface area contributed by atoms with Gasteiger partial charge in [0, 0.05) is 43.8 Å². The van der Waals surface area contributed by atoms with Crippen LogP contribution in [0.3, 0.4) is 0 Å². The predicted octanol–water partition coefficient (Wildman–Crippen LogP) is 4.37. The molecule has 0 fully saturated rings. The Labute approximate surface area is 166 Å². The molecule has 4 rings (SSSR count). The Bertz CT molecular complexity index is 961. The fourth-order valence-corrected chi connectivity index (χ4v) is 4.40. The van der Waals surface area contributed by atoms with Gasteiger partial charge in [0.05, 0.1) is 12.5 Å². The molecule has 4 nitrogen and oxygen atoms in total. The van der Waals surface area contributed by atoms with Crippen molar-refractivity contribution in [3.63, 3.8) is 0 Å². The van der Waals surface area contributed by atoms with E-state index in [-0.39, 0.29) is 11.8 Å². The summed E-state index contributed by atoms with van der Waals surface area (Å²) in [7, 11) is 1.74. The lowest BCUT2D eigenvalue weighted by Gasteiger charge is -2.26. The number of methoxy groups -OCH3 is 1. The second kappa shape index (κ2) is 8.19. The highest BCUT2D eigenvalue weighted by Crippen LogP contribution is 2.31. The number of hydrogen-bond acceptors (Lipinski definition) is 2. The van der Waals surface area contributed by atoms with Gasteiger partial charge in [-0.2, -0.15) is 0 Å². The summed E-state index contributed by atoms with van der Waals surface area (Å²) in [6.45, 7) is 5.10. The molecule has 0 N–H and O–H groups in total. The maximum atomic E-state index is 13.4. The van der Waals surface area contributed by atoms with Crippen LogP contribution in [0.2, 0.25) is 0 Å². The Kier molecular flexibility index (Phi) is 5.49. The van der Waals surface area contributed by atoms with Gasteiger partial charge < -0.3 is 14.2 Å². The van der Waals surface area contributed by atoms with Crippen LogP contribution in [0, 0.1) is 0 Å². The topological polar surface area (TPSA) is 34.5 Å². The van der Waals surface area contributed by atoms with E-state index in [9.17, 15) is 4.79 Å². The van der Waals surface area contributed by atoms with Crippen molar-refractivity contribution in [1.29, 1.82) is 0 Å². The number of nitrogens with zero attached hydrogens (tertiary/aromatic N) is 2. The molecule has 1 aromatic heterocycles. The van der Waals surface area contributed by atoms with Crippen molar-refractivity contribution in [1.82, 2.24) is 9.47 Å². The average molecular weight is 377 g/mol. The number of carbonyl (C=O) groups is 1. The molecular weight excluding hydrogens is 348 g/mol. The number of benzene rings is 2. The van der Waals surface area contributed by atoms with Gasteiger partial charge in [-0.05, 0) is 35.6 Å². The molecule has 4 heteroatoms. The van der Waals surface area contributed by atoms with Crippen LogP contribution in [0.4, 0.5) is 0 Å². The molecule has 0 spiro atoms. The maximum absolute atomic E-state index is 13.4. The zero-order valence-corrected chi connectivity index (χ0v) is 16.7. The summed E-state index contributed by atoms with van der Waals surface area (Å²) >= 11 is 0. The lowest BCUT2D eigenvalue weighted by atomic mass is 9.95. The van der Waals surface area contributed by atoms with Crippen LogP contribution in [-0.4, -0.2) is 35.6 Å². The lowest BCUT2D eigenvalue weighted by Crippen LogP contribution is -2.35. The molecule has 2 aromatic carbocycles. The molecule has 146 valence electrons. The van der Waals surface area contributed by atoms with E-state index < -0.39 is 0 Å². The molecule has 0 bridgehead atoms. The first-order valence-corrected chi connectivity index (χ1v) is 10.1. The number of ether oxygens (including phenoxy) is 1. The van der Waals surface area contributed by atoms with Gasteiger partial charge in [0.2, 0.25) is 5.91 Å². The second-order valence-corrected chi connectivity index (χ2v) is 7.53. The van der Waals surface area contributed by atoms with Crippen molar-refractivity contribution < 1.29 is 9.53 Å². The molecule has 1 unspecified atom stereocenters. The maximum Gasteiger partial charge on any atom is 0.230 e. The number of amides is 1. The minimum absolute atomic E-state index is 0.0699. The molecular formula is C24H28N2O2. The predicted molar refractivity (Wildman–Crippen MR) is 112 cm³/mol. The van der Waals surface area contributed by atoms with Gasteiger partial charge in [-0.15, -0.1) is 0 Å². The number of carbonyl (C=O) groups excluding carboxylic acids is 1. The molecule has 0 radical (unpaired) electrons. The molecule has 2 heterocycles. The quantitative estimate of drug-likeness (QED) is 0.640. The van der Waals surface area contributed by atoms with Crippen molar-refractivity contribution in [3.8, 4) is 0 Å². The van der Waals surface area contributed by atoms with Crippen LogP contribution in [-0.2, 0) is 29.0 Å². The van der Waals surface area contributed by atoms with Crippen LogP contribution in [0.1, 0.15) is 36.0 Å². The van der Waals surface area contributed by atoms with Crippen LogP contribution in [0.25, 0.3) is 10.9 Å². The Balaban J connectivity index is 1.63. The minimum atomic E-state index is -0.0699.